The number of hydrogen-bond acceptors (Lipinski definition) is 2. The number of nitrogens with zero attached hydrogens (tertiary/aromatic N) is 1. The van der Waals surface area contributed by atoms with Gasteiger partial charge in [-0.2, -0.15) is 0 Å². The largest absolute Gasteiger partial charge is 0.300 e. The molecule has 3 aromatic carbocycles. The Morgan fingerprint density at radius 1 is 0.710 bits per heavy atom. The molecule has 0 saturated carbocycles. The second-order valence-electron chi connectivity index (χ2n) is 8.22. The molecule has 1 heterocycles. The number of aromatic nitrogens is 1. The van der Waals surface area contributed by atoms with E-state index in [0.29, 0.717) is 6.42 Å². The zero-order chi connectivity index (χ0) is 21.8. The van der Waals surface area contributed by atoms with Crippen molar-refractivity contribution in [3.8, 4) is 33.6 Å². The predicted molar refractivity (Wildman–Crippen MR) is 129 cm³/mol. The van der Waals surface area contributed by atoms with Crippen molar-refractivity contribution in [3.63, 3.8) is 0 Å². The van der Waals surface area contributed by atoms with E-state index in [4.69, 9.17) is 4.98 Å². The number of carbonyl (C=O) groups is 1. The highest BCUT2D eigenvalue weighted by Gasteiger charge is 2.13. The topological polar surface area (TPSA) is 30.0 Å². The van der Waals surface area contributed by atoms with Gasteiger partial charge in [-0.1, -0.05) is 83.9 Å². The van der Waals surface area contributed by atoms with Crippen LogP contribution >= 0.6 is 0 Å². The van der Waals surface area contributed by atoms with Crippen LogP contribution in [0, 0.1) is 13.8 Å². The highest BCUT2D eigenvalue weighted by Crippen LogP contribution is 2.32. The van der Waals surface area contributed by atoms with Gasteiger partial charge in [0.15, 0.2) is 0 Å². The Labute approximate surface area is 184 Å². The number of rotatable bonds is 6. The van der Waals surface area contributed by atoms with E-state index in [1.54, 1.807) is 6.92 Å². The first-order valence-corrected chi connectivity index (χ1v) is 10.7. The molecule has 0 amide bonds. The SMILES string of the molecule is CC(=O)CCc1cc(C)ccc1-c1cc(-c2ccccc2)cc(-c2ccc(C)cc2)n1. The normalized spacial score (nSPS) is 10.8. The second kappa shape index (κ2) is 9.09. The molecular weight excluding hydrogens is 378 g/mol. The molecule has 0 saturated heterocycles. The van der Waals surface area contributed by atoms with Gasteiger partial charge in [0.05, 0.1) is 11.4 Å². The summed E-state index contributed by atoms with van der Waals surface area (Å²) in [6, 6.07) is 29.7. The second-order valence-corrected chi connectivity index (χ2v) is 8.22. The highest BCUT2D eigenvalue weighted by atomic mass is 16.1. The van der Waals surface area contributed by atoms with Gasteiger partial charge < -0.3 is 4.79 Å². The fraction of sp³-hybridized carbons (Fsp3) is 0.172. The summed E-state index contributed by atoms with van der Waals surface area (Å²) < 4.78 is 0. The van der Waals surface area contributed by atoms with E-state index in [9.17, 15) is 4.79 Å². The van der Waals surface area contributed by atoms with E-state index in [1.165, 1.54) is 16.7 Å². The molecule has 1 aromatic heterocycles. The fourth-order valence-corrected chi connectivity index (χ4v) is 3.83. The molecule has 2 nitrogen and oxygen atoms in total. The van der Waals surface area contributed by atoms with Crippen molar-refractivity contribution < 1.29 is 4.79 Å². The molecule has 4 aromatic rings. The van der Waals surface area contributed by atoms with Gasteiger partial charge in [-0.05, 0) is 56.0 Å². The number of hydrogen-bond donors (Lipinski definition) is 0. The van der Waals surface area contributed by atoms with Crippen LogP contribution in [0.4, 0.5) is 0 Å². The molecule has 0 aliphatic rings. The molecule has 154 valence electrons. The van der Waals surface area contributed by atoms with Gasteiger partial charge in [0, 0.05) is 17.5 Å². The Morgan fingerprint density at radius 3 is 2.10 bits per heavy atom. The van der Waals surface area contributed by atoms with Gasteiger partial charge in [0.2, 0.25) is 0 Å². The summed E-state index contributed by atoms with van der Waals surface area (Å²) in [5.74, 6) is 0.207. The number of pyridine rings is 1. The van der Waals surface area contributed by atoms with Crippen molar-refractivity contribution in [1.29, 1.82) is 0 Å². The molecule has 0 fully saturated rings. The van der Waals surface area contributed by atoms with Gasteiger partial charge in [0.1, 0.15) is 5.78 Å². The molecule has 0 radical (unpaired) electrons. The van der Waals surface area contributed by atoms with E-state index in [-0.39, 0.29) is 5.78 Å². The van der Waals surface area contributed by atoms with Gasteiger partial charge in [-0.25, -0.2) is 4.98 Å². The third-order valence-corrected chi connectivity index (χ3v) is 5.56. The average molecular weight is 406 g/mol. The first-order chi connectivity index (χ1) is 15.0. The van der Waals surface area contributed by atoms with E-state index in [2.05, 4.69) is 92.7 Å². The van der Waals surface area contributed by atoms with E-state index in [1.807, 2.05) is 6.07 Å². The summed E-state index contributed by atoms with van der Waals surface area (Å²) >= 11 is 0. The molecule has 2 heteroatoms. The molecule has 4 rings (SSSR count). The Morgan fingerprint density at radius 2 is 1.39 bits per heavy atom. The number of ketones is 1. The van der Waals surface area contributed by atoms with Crippen LogP contribution in [-0.2, 0) is 11.2 Å². The quantitative estimate of drug-likeness (QED) is 0.339. The number of aryl methyl sites for hydroxylation is 3. The minimum Gasteiger partial charge on any atom is -0.300 e. The van der Waals surface area contributed by atoms with Crippen molar-refractivity contribution in [1.82, 2.24) is 4.98 Å². The third-order valence-electron chi connectivity index (χ3n) is 5.56. The molecule has 0 bridgehead atoms. The predicted octanol–water partition coefficient (Wildman–Crippen LogP) is 7.22. The van der Waals surface area contributed by atoms with E-state index in [0.717, 1.165) is 40.1 Å². The molecule has 31 heavy (non-hydrogen) atoms. The van der Waals surface area contributed by atoms with Crippen LogP contribution < -0.4 is 0 Å². The first kappa shape index (κ1) is 20.7. The van der Waals surface area contributed by atoms with Crippen molar-refractivity contribution >= 4 is 5.78 Å². The summed E-state index contributed by atoms with van der Waals surface area (Å²) in [7, 11) is 0. The van der Waals surface area contributed by atoms with Gasteiger partial charge >= 0.3 is 0 Å². The lowest BCUT2D eigenvalue weighted by Crippen LogP contribution is -1.99. The summed E-state index contributed by atoms with van der Waals surface area (Å²) in [6.45, 7) is 5.84. The minimum absolute atomic E-state index is 0.207. The van der Waals surface area contributed by atoms with Crippen LogP contribution in [0.25, 0.3) is 33.6 Å². The maximum atomic E-state index is 11.6. The van der Waals surface area contributed by atoms with Crippen LogP contribution in [-0.4, -0.2) is 10.8 Å². The Kier molecular flexibility index (Phi) is 6.08. The average Bonchev–Trinajstić information content (AvgIpc) is 2.78. The van der Waals surface area contributed by atoms with E-state index < -0.39 is 0 Å². The standard InChI is InChI=1S/C29H27NO/c1-20-9-13-24(14-10-20)28-18-26(23-7-5-4-6-8-23)19-29(30-28)27-16-11-21(2)17-25(27)15-12-22(3)31/h4-11,13-14,16-19H,12,15H2,1-3H3. The lowest BCUT2D eigenvalue weighted by molar-refractivity contribution is -0.116. The van der Waals surface area contributed by atoms with Gasteiger partial charge in [0.25, 0.3) is 0 Å². The molecule has 0 aliphatic heterocycles. The number of carbonyl (C=O) groups excluding carboxylic acids is 1. The lowest BCUT2D eigenvalue weighted by atomic mass is 9.94. The minimum atomic E-state index is 0.207. The van der Waals surface area contributed by atoms with Crippen molar-refractivity contribution in [2.75, 3.05) is 0 Å². The van der Waals surface area contributed by atoms with Crippen LogP contribution in [0.2, 0.25) is 0 Å². The molecule has 0 atom stereocenters. The van der Waals surface area contributed by atoms with E-state index >= 15 is 0 Å². The van der Waals surface area contributed by atoms with Gasteiger partial charge in [-0.15, -0.1) is 0 Å². The maximum absolute atomic E-state index is 11.6. The van der Waals surface area contributed by atoms with Crippen LogP contribution in [0.15, 0.2) is 84.9 Å². The monoisotopic (exact) mass is 405 g/mol. The smallest absolute Gasteiger partial charge is 0.130 e. The first-order valence-electron chi connectivity index (χ1n) is 10.7. The Bertz CT molecular complexity index is 1210. The molecule has 0 unspecified atom stereocenters. The third kappa shape index (κ3) is 4.97. The molecule has 0 N–H and O–H groups in total. The molecule has 0 aliphatic carbocycles. The Balaban J connectivity index is 1.89. The van der Waals surface area contributed by atoms with Crippen LogP contribution in [0.1, 0.15) is 30.0 Å². The van der Waals surface area contributed by atoms with Crippen molar-refractivity contribution in [2.45, 2.75) is 33.6 Å². The fourth-order valence-electron chi connectivity index (χ4n) is 3.83. The van der Waals surface area contributed by atoms with Gasteiger partial charge in [-0.3, -0.25) is 0 Å². The van der Waals surface area contributed by atoms with Crippen molar-refractivity contribution in [2.24, 2.45) is 0 Å². The molecule has 0 spiro atoms. The zero-order valence-electron chi connectivity index (χ0n) is 18.4. The lowest BCUT2D eigenvalue weighted by Gasteiger charge is -2.14. The summed E-state index contributed by atoms with van der Waals surface area (Å²) in [4.78, 5) is 16.7. The Hall–Kier alpha value is -3.52. The number of Topliss-reactive ketones (excluding diaryl/α,β-unsaturated/α-hetero) is 1. The highest BCUT2D eigenvalue weighted by molar-refractivity contribution is 5.79. The van der Waals surface area contributed by atoms with Crippen LogP contribution in [0.5, 0.6) is 0 Å². The molecular formula is C29H27NO. The summed E-state index contributed by atoms with van der Waals surface area (Å²) in [6.07, 6.45) is 1.27. The number of benzene rings is 3. The maximum Gasteiger partial charge on any atom is 0.130 e. The van der Waals surface area contributed by atoms with Crippen molar-refractivity contribution in [3.05, 3.63) is 102 Å². The zero-order valence-corrected chi connectivity index (χ0v) is 18.4. The summed E-state index contributed by atoms with van der Waals surface area (Å²) in [5, 5.41) is 0. The van der Waals surface area contributed by atoms with Crippen LogP contribution in [0.3, 0.4) is 0 Å². The summed E-state index contributed by atoms with van der Waals surface area (Å²) in [5.41, 5.74) is 9.98.